The largest absolute Gasteiger partial charge is 0.260 e. The molecule has 0 saturated heterocycles. The second-order valence-corrected chi connectivity index (χ2v) is 14.6. The molecule has 0 fully saturated rings. The second-order valence-electron chi connectivity index (χ2n) is 14.6. The van der Waals surface area contributed by atoms with Gasteiger partial charge < -0.3 is 0 Å². The molecule has 0 N–H and O–H groups in total. The number of pyridine rings is 2. The van der Waals surface area contributed by atoms with Crippen molar-refractivity contribution in [3.05, 3.63) is 224 Å². The van der Waals surface area contributed by atoms with Crippen LogP contribution < -0.4 is 0 Å². The first-order chi connectivity index (χ1) is 28.7. The quantitative estimate of drug-likeness (QED) is 0.148. The van der Waals surface area contributed by atoms with Crippen LogP contribution in [0.3, 0.4) is 0 Å². The Bertz CT molecular complexity index is 2860. The zero-order valence-corrected chi connectivity index (χ0v) is 31.8. The summed E-state index contributed by atoms with van der Waals surface area (Å²) in [6.07, 6.45) is 3.68. The number of rotatable bonds is 9. The topological polar surface area (TPSA) is 43.6 Å². The van der Waals surface area contributed by atoms with Gasteiger partial charge in [0.15, 0.2) is 0 Å². The van der Waals surface area contributed by atoms with E-state index in [-0.39, 0.29) is 0 Å². The van der Waals surface area contributed by atoms with Gasteiger partial charge in [0.25, 0.3) is 0 Å². The third kappa shape index (κ3) is 7.11. The van der Waals surface area contributed by atoms with E-state index in [1.807, 2.05) is 48.8 Å². The van der Waals surface area contributed by atoms with E-state index in [1.165, 1.54) is 22.3 Å². The average Bonchev–Trinajstić information content (AvgIpc) is 3.67. The Balaban J connectivity index is 1.07. The molecular formula is C54H38N4. The molecule has 0 radical (unpaired) electrons. The van der Waals surface area contributed by atoms with Crippen LogP contribution in [0.5, 0.6) is 0 Å². The van der Waals surface area contributed by atoms with Crippen molar-refractivity contribution in [2.45, 2.75) is 6.54 Å². The normalized spacial score (nSPS) is 11.2. The Hall–Kier alpha value is -7.69. The van der Waals surface area contributed by atoms with E-state index in [4.69, 9.17) is 5.10 Å². The van der Waals surface area contributed by atoms with Crippen molar-refractivity contribution in [1.82, 2.24) is 19.7 Å². The molecule has 0 aliphatic heterocycles. The highest BCUT2D eigenvalue weighted by Crippen LogP contribution is 2.36. The Labute approximate surface area is 338 Å². The molecule has 10 aromatic rings. The monoisotopic (exact) mass is 742 g/mol. The summed E-state index contributed by atoms with van der Waals surface area (Å²) in [6.45, 7) is 0.599. The van der Waals surface area contributed by atoms with Gasteiger partial charge in [-0.15, -0.1) is 0 Å². The molecule has 0 amide bonds. The van der Waals surface area contributed by atoms with Gasteiger partial charge in [-0.25, -0.2) is 0 Å². The number of benzene rings is 7. The number of fused-ring (bicyclic) bond motifs is 1. The first-order valence-corrected chi connectivity index (χ1v) is 19.6. The van der Waals surface area contributed by atoms with E-state index in [9.17, 15) is 0 Å². The molecule has 4 heteroatoms. The van der Waals surface area contributed by atoms with Gasteiger partial charge in [0, 0.05) is 34.5 Å². The molecule has 58 heavy (non-hydrogen) atoms. The molecule has 274 valence electrons. The predicted molar refractivity (Wildman–Crippen MR) is 239 cm³/mol. The minimum atomic E-state index is 0.599. The van der Waals surface area contributed by atoms with E-state index in [0.29, 0.717) is 6.54 Å². The first kappa shape index (κ1) is 34.8. The lowest BCUT2D eigenvalue weighted by Crippen LogP contribution is -2.02. The van der Waals surface area contributed by atoms with Crippen molar-refractivity contribution in [2.24, 2.45) is 0 Å². The van der Waals surface area contributed by atoms with Gasteiger partial charge >= 0.3 is 0 Å². The molecule has 3 aromatic heterocycles. The van der Waals surface area contributed by atoms with Crippen molar-refractivity contribution in [3.63, 3.8) is 0 Å². The van der Waals surface area contributed by atoms with Crippen LogP contribution >= 0.6 is 0 Å². The lowest BCUT2D eigenvalue weighted by Gasteiger charge is -2.13. The Morgan fingerprint density at radius 2 is 0.759 bits per heavy atom. The highest BCUT2D eigenvalue weighted by atomic mass is 15.3. The van der Waals surface area contributed by atoms with E-state index in [0.717, 1.165) is 72.5 Å². The van der Waals surface area contributed by atoms with Crippen molar-refractivity contribution in [1.29, 1.82) is 0 Å². The lowest BCUT2D eigenvalue weighted by molar-refractivity contribution is 0.715. The molecule has 0 aliphatic carbocycles. The van der Waals surface area contributed by atoms with Gasteiger partial charge in [-0.05, 0) is 105 Å². The fourth-order valence-electron chi connectivity index (χ4n) is 7.80. The molecule has 0 saturated carbocycles. The van der Waals surface area contributed by atoms with Gasteiger partial charge in [0.2, 0.25) is 0 Å². The van der Waals surface area contributed by atoms with Crippen LogP contribution in [0.2, 0.25) is 0 Å². The molecule has 10 rings (SSSR count). The van der Waals surface area contributed by atoms with Gasteiger partial charge in [-0.1, -0.05) is 152 Å². The SMILES string of the molecule is c1ccc(-c2ccc(-c3nn(Cc4cc(-c5ccc(-c6ccccn6)cc5)cc(-c5ccc(-c6ccccn6)cc5)c4)c4ccc(-c5ccccc5)cc34)cc2)cc1. The van der Waals surface area contributed by atoms with Crippen LogP contribution in [0.15, 0.2) is 219 Å². The summed E-state index contributed by atoms with van der Waals surface area (Å²) in [5.74, 6) is 0. The van der Waals surface area contributed by atoms with Crippen molar-refractivity contribution in [3.8, 4) is 78.3 Å². The minimum Gasteiger partial charge on any atom is -0.260 e. The first-order valence-electron chi connectivity index (χ1n) is 19.6. The number of nitrogens with zero attached hydrogens (tertiary/aromatic N) is 4. The van der Waals surface area contributed by atoms with E-state index in [2.05, 4.69) is 185 Å². The third-order valence-electron chi connectivity index (χ3n) is 10.8. The van der Waals surface area contributed by atoms with Crippen molar-refractivity contribution >= 4 is 10.9 Å². The Kier molecular flexibility index (Phi) is 9.26. The standard InChI is InChI=1S/C54H38N4/c1-3-11-39(12-4-1)41-21-27-46(28-22-41)54-50-36-47(40-13-5-2-6-14-40)29-30-53(50)58(57-54)37-38-33-48(42-17-23-44(24-18-42)51-15-7-9-31-55-51)35-49(34-38)43-19-25-45(26-20-43)52-16-8-10-32-56-52/h1-36H,37H2. The number of hydrogen-bond donors (Lipinski definition) is 0. The van der Waals surface area contributed by atoms with Crippen LogP contribution in [0.25, 0.3) is 89.2 Å². The zero-order chi connectivity index (χ0) is 38.7. The zero-order valence-electron chi connectivity index (χ0n) is 31.8. The summed E-state index contributed by atoms with van der Waals surface area (Å²) in [5.41, 5.74) is 17.7. The maximum atomic E-state index is 5.39. The summed E-state index contributed by atoms with van der Waals surface area (Å²) in [7, 11) is 0. The third-order valence-corrected chi connectivity index (χ3v) is 10.8. The smallest absolute Gasteiger partial charge is 0.100 e. The molecule has 3 heterocycles. The van der Waals surface area contributed by atoms with Crippen LogP contribution in [-0.2, 0) is 6.54 Å². The average molecular weight is 743 g/mol. The highest BCUT2D eigenvalue weighted by molar-refractivity contribution is 5.96. The van der Waals surface area contributed by atoms with E-state index >= 15 is 0 Å². The van der Waals surface area contributed by atoms with Crippen molar-refractivity contribution < 1.29 is 0 Å². The Morgan fingerprint density at radius 1 is 0.328 bits per heavy atom. The fraction of sp³-hybridized carbons (Fsp3) is 0.0185. The van der Waals surface area contributed by atoms with Gasteiger partial charge in [0.1, 0.15) is 5.69 Å². The molecule has 0 aliphatic rings. The van der Waals surface area contributed by atoms with E-state index < -0.39 is 0 Å². The maximum absolute atomic E-state index is 5.39. The van der Waals surface area contributed by atoms with Gasteiger partial charge in [-0.2, -0.15) is 5.10 Å². The number of aromatic nitrogens is 4. The summed E-state index contributed by atoms with van der Waals surface area (Å²) >= 11 is 0. The lowest BCUT2D eigenvalue weighted by atomic mass is 9.94. The van der Waals surface area contributed by atoms with Crippen LogP contribution in [0.4, 0.5) is 0 Å². The van der Waals surface area contributed by atoms with Crippen LogP contribution in [-0.4, -0.2) is 19.7 Å². The highest BCUT2D eigenvalue weighted by Gasteiger charge is 2.16. The van der Waals surface area contributed by atoms with Crippen molar-refractivity contribution in [2.75, 3.05) is 0 Å². The summed E-state index contributed by atoms with van der Waals surface area (Å²) in [6, 6.07) is 73.0. The Morgan fingerprint density at radius 3 is 1.28 bits per heavy atom. The summed E-state index contributed by atoms with van der Waals surface area (Å²) < 4.78 is 2.17. The minimum absolute atomic E-state index is 0.599. The van der Waals surface area contributed by atoms with Crippen LogP contribution in [0.1, 0.15) is 5.56 Å². The van der Waals surface area contributed by atoms with Gasteiger partial charge in [0.05, 0.1) is 23.4 Å². The molecule has 4 nitrogen and oxygen atoms in total. The number of hydrogen-bond acceptors (Lipinski definition) is 3. The summed E-state index contributed by atoms with van der Waals surface area (Å²) in [4.78, 5) is 9.14. The molecule has 0 unspecified atom stereocenters. The predicted octanol–water partition coefficient (Wildman–Crippen LogP) is 13.5. The summed E-state index contributed by atoms with van der Waals surface area (Å²) in [5, 5.41) is 6.52. The second kappa shape index (κ2) is 15.4. The fourth-order valence-corrected chi connectivity index (χ4v) is 7.80. The van der Waals surface area contributed by atoms with Gasteiger partial charge in [-0.3, -0.25) is 14.6 Å². The molecule has 7 aromatic carbocycles. The molecular weight excluding hydrogens is 705 g/mol. The molecule has 0 bridgehead atoms. The maximum Gasteiger partial charge on any atom is 0.100 e. The molecule has 0 atom stereocenters. The molecule has 0 spiro atoms. The van der Waals surface area contributed by atoms with E-state index in [1.54, 1.807) is 0 Å². The van der Waals surface area contributed by atoms with Crippen LogP contribution in [0, 0.1) is 0 Å².